The molecule has 1 rings (SSSR count). The van der Waals surface area contributed by atoms with Gasteiger partial charge in [-0.3, -0.25) is 9.69 Å². The number of ether oxygens (including phenoxy) is 1. The van der Waals surface area contributed by atoms with Crippen LogP contribution in [0.2, 0.25) is 0 Å². The Morgan fingerprint density at radius 3 is 2.42 bits per heavy atom. The zero-order chi connectivity index (χ0) is 14.3. The number of carbonyl (C=O) groups is 1. The summed E-state index contributed by atoms with van der Waals surface area (Å²) in [7, 11) is 0. The first-order valence-electron chi connectivity index (χ1n) is 7.57. The van der Waals surface area contributed by atoms with Crippen molar-refractivity contribution in [3.8, 4) is 0 Å². The fraction of sp³-hybridized carbons (Fsp3) is 0.933. The average molecular weight is 271 g/mol. The first-order valence-corrected chi connectivity index (χ1v) is 7.57. The summed E-state index contributed by atoms with van der Waals surface area (Å²) >= 11 is 0. The van der Waals surface area contributed by atoms with E-state index in [1.165, 1.54) is 12.8 Å². The number of unbranched alkanes of at least 4 members (excludes halogenated alkanes) is 2. The van der Waals surface area contributed by atoms with Crippen molar-refractivity contribution in [2.75, 3.05) is 26.3 Å². The van der Waals surface area contributed by atoms with Gasteiger partial charge in [0.15, 0.2) is 0 Å². The van der Waals surface area contributed by atoms with E-state index in [1.807, 2.05) is 0 Å². The summed E-state index contributed by atoms with van der Waals surface area (Å²) in [6.45, 7) is 9.31. The number of nitrogens with zero attached hydrogens (tertiary/aromatic N) is 1. The Labute approximate surface area is 117 Å². The highest BCUT2D eigenvalue weighted by atomic mass is 16.5. The van der Waals surface area contributed by atoms with Crippen LogP contribution in [0.3, 0.4) is 0 Å². The normalized spacial score (nSPS) is 19.0. The van der Waals surface area contributed by atoms with Gasteiger partial charge < -0.3 is 9.84 Å². The third-order valence-electron chi connectivity index (χ3n) is 4.19. The van der Waals surface area contributed by atoms with Crippen LogP contribution in [-0.4, -0.2) is 48.3 Å². The molecule has 0 atom stereocenters. The number of carboxylic acid groups (broad SMARTS) is 1. The fourth-order valence-corrected chi connectivity index (χ4v) is 2.68. The summed E-state index contributed by atoms with van der Waals surface area (Å²) in [6.07, 6.45) is 4.84. The van der Waals surface area contributed by atoms with Crippen molar-refractivity contribution in [1.29, 1.82) is 0 Å². The third kappa shape index (κ3) is 4.77. The van der Waals surface area contributed by atoms with E-state index < -0.39 is 11.4 Å². The molecule has 0 unspecified atom stereocenters. The second-order valence-corrected chi connectivity index (χ2v) is 5.97. The number of hydrogen-bond acceptors (Lipinski definition) is 3. The molecule has 0 saturated carbocycles. The van der Waals surface area contributed by atoms with Crippen LogP contribution in [0.4, 0.5) is 0 Å². The van der Waals surface area contributed by atoms with Gasteiger partial charge in [0, 0.05) is 25.8 Å². The first-order chi connectivity index (χ1) is 9.02. The lowest BCUT2D eigenvalue weighted by Crippen LogP contribution is -2.48. The molecular formula is C15H29NO3. The topological polar surface area (TPSA) is 49.8 Å². The smallest absolute Gasteiger partial charge is 0.311 e. The fourth-order valence-electron chi connectivity index (χ4n) is 2.68. The van der Waals surface area contributed by atoms with E-state index in [9.17, 15) is 9.90 Å². The predicted octanol–water partition coefficient (Wildman–Crippen LogP) is 2.77. The molecule has 0 aromatic rings. The van der Waals surface area contributed by atoms with E-state index in [0.717, 1.165) is 13.0 Å². The van der Waals surface area contributed by atoms with Crippen molar-refractivity contribution in [1.82, 2.24) is 4.90 Å². The molecule has 0 aliphatic carbocycles. The minimum Gasteiger partial charge on any atom is -0.481 e. The molecule has 19 heavy (non-hydrogen) atoms. The van der Waals surface area contributed by atoms with Gasteiger partial charge in [-0.25, -0.2) is 0 Å². The zero-order valence-electron chi connectivity index (χ0n) is 12.7. The maximum atomic E-state index is 11.7. The average Bonchev–Trinajstić information content (AvgIpc) is 2.38. The predicted molar refractivity (Wildman–Crippen MR) is 76.4 cm³/mol. The van der Waals surface area contributed by atoms with Gasteiger partial charge in [-0.2, -0.15) is 0 Å². The lowest BCUT2D eigenvalue weighted by Gasteiger charge is -2.39. The summed E-state index contributed by atoms with van der Waals surface area (Å²) in [6, 6.07) is 0.399. The SMILES string of the molecule is CCCCCN(CC1(C(=O)O)CCOCC1)C(C)C. The van der Waals surface area contributed by atoms with Crippen molar-refractivity contribution in [2.24, 2.45) is 5.41 Å². The van der Waals surface area contributed by atoms with Crippen molar-refractivity contribution in [3.63, 3.8) is 0 Å². The number of carboxylic acids is 1. The molecule has 0 spiro atoms. The lowest BCUT2D eigenvalue weighted by molar-refractivity contribution is -0.157. The van der Waals surface area contributed by atoms with Crippen LogP contribution in [-0.2, 0) is 9.53 Å². The van der Waals surface area contributed by atoms with Crippen molar-refractivity contribution in [3.05, 3.63) is 0 Å². The zero-order valence-corrected chi connectivity index (χ0v) is 12.7. The highest BCUT2D eigenvalue weighted by Gasteiger charge is 2.41. The van der Waals surface area contributed by atoms with Crippen molar-refractivity contribution in [2.45, 2.75) is 58.9 Å². The van der Waals surface area contributed by atoms with Crippen molar-refractivity contribution < 1.29 is 14.6 Å². The van der Waals surface area contributed by atoms with Crippen LogP contribution >= 0.6 is 0 Å². The molecule has 112 valence electrons. The van der Waals surface area contributed by atoms with Crippen LogP contribution in [0.5, 0.6) is 0 Å². The number of aliphatic carboxylic acids is 1. The Bertz CT molecular complexity index is 273. The molecule has 4 nitrogen and oxygen atoms in total. The summed E-state index contributed by atoms with van der Waals surface area (Å²) in [5.41, 5.74) is -0.602. The second kappa shape index (κ2) is 7.85. The Morgan fingerprint density at radius 2 is 1.95 bits per heavy atom. The molecular weight excluding hydrogens is 242 g/mol. The van der Waals surface area contributed by atoms with Gasteiger partial charge in [-0.15, -0.1) is 0 Å². The Balaban J connectivity index is 2.65. The maximum Gasteiger partial charge on any atom is 0.311 e. The van der Waals surface area contributed by atoms with Gasteiger partial charge in [-0.1, -0.05) is 19.8 Å². The summed E-state index contributed by atoms with van der Waals surface area (Å²) < 4.78 is 5.33. The standard InChI is InChI=1S/C15H29NO3/c1-4-5-6-9-16(13(2)3)12-15(14(17)18)7-10-19-11-8-15/h13H,4-12H2,1-3H3,(H,17,18). The van der Waals surface area contributed by atoms with E-state index in [2.05, 4.69) is 25.7 Å². The first kappa shape index (κ1) is 16.4. The third-order valence-corrected chi connectivity index (χ3v) is 4.19. The Morgan fingerprint density at radius 1 is 1.32 bits per heavy atom. The largest absolute Gasteiger partial charge is 0.481 e. The highest BCUT2D eigenvalue weighted by molar-refractivity contribution is 5.75. The van der Waals surface area contributed by atoms with E-state index >= 15 is 0 Å². The molecule has 4 heteroatoms. The van der Waals surface area contributed by atoms with Gasteiger partial charge in [0.25, 0.3) is 0 Å². The molecule has 1 aliphatic rings. The van der Waals surface area contributed by atoms with Crippen LogP contribution < -0.4 is 0 Å². The Kier molecular flexibility index (Phi) is 6.80. The highest BCUT2D eigenvalue weighted by Crippen LogP contribution is 2.32. The van der Waals surface area contributed by atoms with Gasteiger partial charge in [0.05, 0.1) is 5.41 Å². The Hall–Kier alpha value is -0.610. The van der Waals surface area contributed by atoms with Gasteiger partial charge in [-0.05, 0) is 39.7 Å². The minimum atomic E-state index is -0.656. The summed E-state index contributed by atoms with van der Waals surface area (Å²) in [5.74, 6) is -0.656. The van der Waals surface area contributed by atoms with E-state index in [1.54, 1.807) is 0 Å². The van der Waals surface area contributed by atoms with E-state index in [0.29, 0.717) is 38.6 Å². The van der Waals surface area contributed by atoms with Crippen molar-refractivity contribution >= 4 is 5.97 Å². The van der Waals surface area contributed by atoms with Gasteiger partial charge >= 0.3 is 5.97 Å². The summed E-state index contributed by atoms with van der Waals surface area (Å²) in [4.78, 5) is 14.0. The molecule has 1 N–H and O–H groups in total. The van der Waals surface area contributed by atoms with Gasteiger partial charge in [0.1, 0.15) is 0 Å². The van der Waals surface area contributed by atoms with E-state index in [4.69, 9.17) is 4.74 Å². The molecule has 0 amide bonds. The lowest BCUT2D eigenvalue weighted by atomic mass is 9.79. The second-order valence-electron chi connectivity index (χ2n) is 5.97. The minimum absolute atomic E-state index is 0.399. The monoisotopic (exact) mass is 271 g/mol. The molecule has 1 aliphatic heterocycles. The molecule has 1 fully saturated rings. The van der Waals surface area contributed by atoms with E-state index in [-0.39, 0.29) is 0 Å². The molecule has 0 aromatic carbocycles. The van der Waals surface area contributed by atoms with Gasteiger partial charge in [0.2, 0.25) is 0 Å². The molecule has 0 aromatic heterocycles. The number of hydrogen-bond donors (Lipinski definition) is 1. The van der Waals surface area contributed by atoms with Crippen LogP contribution in [0, 0.1) is 5.41 Å². The molecule has 1 saturated heterocycles. The maximum absolute atomic E-state index is 11.7. The molecule has 0 radical (unpaired) electrons. The molecule has 1 heterocycles. The summed E-state index contributed by atoms with van der Waals surface area (Å²) in [5, 5.41) is 9.61. The molecule has 0 bridgehead atoms. The quantitative estimate of drug-likeness (QED) is 0.690. The van der Waals surface area contributed by atoms with Crippen LogP contribution in [0.25, 0.3) is 0 Å². The van der Waals surface area contributed by atoms with Crippen LogP contribution in [0.15, 0.2) is 0 Å². The number of rotatable bonds is 8. The van der Waals surface area contributed by atoms with Crippen LogP contribution in [0.1, 0.15) is 52.9 Å².